The van der Waals surface area contributed by atoms with E-state index < -0.39 is 52.9 Å². The number of sulfonamides is 1. The third kappa shape index (κ3) is 8.82. The molecule has 14 nitrogen and oxygen atoms in total. The highest BCUT2D eigenvalue weighted by atomic mass is 32.2. The summed E-state index contributed by atoms with van der Waals surface area (Å²) in [7, 11) is -3.18. The van der Waals surface area contributed by atoms with E-state index in [0.717, 1.165) is 40.4 Å². The second-order valence-electron chi connectivity index (χ2n) is 9.43. The maximum Gasteiger partial charge on any atom is 0.435 e. The largest absolute Gasteiger partial charge is 0.569 e. The number of carbonyl (C=O) groups excluding carboxylic acids is 2. The Bertz CT molecular complexity index is 1610. The predicted molar refractivity (Wildman–Crippen MR) is 146 cm³/mol. The summed E-state index contributed by atoms with van der Waals surface area (Å²) in [4.78, 5) is 27.4. The van der Waals surface area contributed by atoms with Crippen LogP contribution in [0, 0.1) is 12.1 Å². The van der Waals surface area contributed by atoms with E-state index in [4.69, 9.17) is 9.57 Å². The molecule has 0 aliphatic heterocycles. The Morgan fingerprint density at radius 2 is 1.75 bits per heavy atom. The van der Waals surface area contributed by atoms with Crippen molar-refractivity contribution in [2.45, 2.75) is 51.1 Å². The second kappa shape index (κ2) is 13.6. The van der Waals surface area contributed by atoms with Gasteiger partial charge in [0, 0.05) is 19.4 Å². The van der Waals surface area contributed by atoms with Gasteiger partial charge in [0.15, 0.2) is 5.69 Å². The summed E-state index contributed by atoms with van der Waals surface area (Å²) in [5.41, 5.74) is 0.486. The molecule has 3 aromatic rings. The van der Waals surface area contributed by atoms with Crippen molar-refractivity contribution >= 4 is 22.1 Å². The van der Waals surface area contributed by atoms with Gasteiger partial charge in [-0.1, -0.05) is 29.8 Å². The minimum atomic E-state index is -4.72. The molecule has 1 N–H and O–H groups in total. The number of ether oxygens (including phenoxy) is 2. The van der Waals surface area contributed by atoms with Crippen LogP contribution in [-0.4, -0.2) is 66.2 Å². The SMILES string of the molecule is CC(=O)OC(C)O/N=[N+](\[O-])N(C)[C@@H](C)COC(=O)NS(=O)(=O)c1ccc(-n2nc(C(F)(F)F)cc2-c2ccc(C)cc2)cc1. The summed E-state index contributed by atoms with van der Waals surface area (Å²) in [6.07, 6.45) is -7.21. The number of carbonyl (C=O) groups is 2. The number of esters is 1. The molecular weight excluding hydrogens is 613 g/mol. The van der Waals surface area contributed by atoms with Crippen molar-refractivity contribution in [1.82, 2.24) is 19.5 Å². The molecule has 238 valence electrons. The van der Waals surface area contributed by atoms with Gasteiger partial charge in [0.1, 0.15) is 12.6 Å². The molecule has 0 saturated heterocycles. The minimum absolute atomic E-state index is 0.00569. The molecule has 0 aliphatic carbocycles. The van der Waals surface area contributed by atoms with Crippen LogP contribution in [0.15, 0.2) is 64.8 Å². The molecule has 0 aliphatic rings. The topological polar surface area (TPSA) is 167 Å². The first-order chi connectivity index (χ1) is 20.5. The monoisotopic (exact) mass is 642 g/mol. The molecule has 2 aromatic carbocycles. The molecule has 18 heteroatoms. The van der Waals surface area contributed by atoms with Gasteiger partial charge in [-0.25, -0.2) is 22.6 Å². The molecular formula is C26H29F3N6O8S. The number of alkyl halides is 3. The first-order valence-electron chi connectivity index (χ1n) is 12.8. The Hall–Kier alpha value is -4.87. The molecule has 0 spiro atoms. The fourth-order valence-electron chi connectivity index (χ4n) is 3.50. The summed E-state index contributed by atoms with van der Waals surface area (Å²) < 4.78 is 78.2. The van der Waals surface area contributed by atoms with Gasteiger partial charge in [-0.2, -0.15) is 18.3 Å². The van der Waals surface area contributed by atoms with Crippen molar-refractivity contribution in [3.63, 3.8) is 0 Å². The number of benzene rings is 2. The summed E-state index contributed by atoms with van der Waals surface area (Å²) in [5, 5.41) is 19.9. The van der Waals surface area contributed by atoms with Gasteiger partial charge in [-0.3, -0.25) is 9.63 Å². The Balaban J connectivity index is 1.68. The third-order valence-electron chi connectivity index (χ3n) is 5.92. The second-order valence-corrected chi connectivity index (χ2v) is 11.1. The van der Waals surface area contributed by atoms with E-state index in [1.54, 1.807) is 29.0 Å². The van der Waals surface area contributed by atoms with Crippen molar-refractivity contribution in [3.8, 4) is 16.9 Å². The average molecular weight is 643 g/mol. The first kappa shape index (κ1) is 33.6. The Kier molecular flexibility index (Phi) is 10.4. The Morgan fingerprint density at radius 1 is 1.14 bits per heavy atom. The lowest BCUT2D eigenvalue weighted by atomic mass is 10.1. The van der Waals surface area contributed by atoms with Crippen LogP contribution >= 0.6 is 0 Å². The van der Waals surface area contributed by atoms with Gasteiger partial charge in [-0.05, 0) is 44.2 Å². The summed E-state index contributed by atoms with van der Waals surface area (Å²) in [5.74, 6) is -0.651. The van der Waals surface area contributed by atoms with Crippen molar-refractivity contribution in [1.29, 1.82) is 0 Å². The lowest BCUT2D eigenvalue weighted by Gasteiger charge is -2.20. The van der Waals surface area contributed by atoms with Crippen LogP contribution in [-0.2, 0) is 35.3 Å². The van der Waals surface area contributed by atoms with E-state index in [1.807, 2.05) is 6.92 Å². The third-order valence-corrected chi connectivity index (χ3v) is 7.25. The number of rotatable bonds is 11. The molecule has 44 heavy (non-hydrogen) atoms. The van der Waals surface area contributed by atoms with E-state index in [9.17, 15) is 36.4 Å². The van der Waals surface area contributed by atoms with Gasteiger partial charge in [0.25, 0.3) is 16.3 Å². The van der Waals surface area contributed by atoms with Crippen LogP contribution in [0.2, 0.25) is 0 Å². The van der Waals surface area contributed by atoms with Crippen LogP contribution in [0.4, 0.5) is 18.0 Å². The van der Waals surface area contributed by atoms with Crippen LogP contribution in [0.1, 0.15) is 32.0 Å². The van der Waals surface area contributed by atoms with E-state index in [-0.39, 0.29) is 21.2 Å². The van der Waals surface area contributed by atoms with Crippen LogP contribution in [0.25, 0.3) is 16.9 Å². The average Bonchev–Trinajstić information content (AvgIpc) is 3.40. The zero-order valence-electron chi connectivity index (χ0n) is 24.1. The van der Waals surface area contributed by atoms with Gasteiger partial charge >= 0.3 is 18.2 Å². The van der Waals surface area contributed by atoms with Gasteiger partial charge < -0.3 is 14.7 Å². The van der Waals surface area contributed by atoms with Crippen molar-refractivity contribution in [2.75, 3.05) is 13.7 Å². The number of likely N-dealkylation sites (N-methyl/N-ethyl adjacent to an activating group) is 1. The van der Waals surface area contributed by atoms with E-state index >= 15 is 0 Å². The van der Waals surface area contributed by atoms with Gasteiger partial charge in [0.05, 0.1) is 28.3 Å². The molecule has 0 fully saturated rings. The Morgan fingerprint density at radius 3 is 2.32 bits per heavy atom. The van der Waals surface area contributed by atoms with Crippen molar-refractivity contribution in [3.05, 3.63) is 71.1 Å². The normalized spacial score (nSPS) is 13.5. The Labute approximate surface area is 250 Å². The summed E-state index contributed by atoms with van der Waals surface area (Å²) in [6.45, 7) is 5.30. The number of amides is 1. The van der Waals surface area contributed by atoms with E-state index in [2.05, 4.69) is 15.1 Å². The highest BCUT2D eigenvalue weighted by molar-refractivity contribution is 7.90. The van der Waals surface area contributed by atoms with Crippen molar-refractivity contribution < 1.29 is 50.5 Å². The zero-order valence-corrected chi connectivity index (χ0v) is 24.9. The molecule has 3 rings (SSSR count). The number of nitrogens with one attached hydrogen (secondary N) is 1. The predicted octanol–water partition coefficient (Wildman–Crippen LogP) is 4.32. The van der Waals surface area contributed by atoms with E-state index in [1.165, 1.54) is 33.0 Å². The van der Waals surface area contributed by atoms with E-state index in [0.29, 0.717) is 5.56 Å². The molecule has 1 unspecified atom stereocenters. The van der Waals surface area contributed by atoms with Crippen LogP contribution in [0.3, 0.4) is 0 Å². The smallest absolute Gasteiger partial charge is 0.435 e. The number of nitrogens with zero attached hydrogens (tertiary/aromatic N) is 5. The number of halogens is 3. The molecule has 1 amide bonds. The lowest BCUT2D eigenvalue weighted by Crippen LogP contribution is -2.40. The molecule has 0 saturated carbocycles. The van der Waals surface area contributed by atoms with Gasteiger partial charge in [-0.15, -0.1) is 5.01 Å². The number of aromatic nitrogens is 2. The first-order valence-corrected chi connectivity index (χ1v) is 14.2. The maximum absolute atomic E-state index is 13.5. The number of aryl methyl sites for hydroxylation is 1. The fraction of sp³-hybridized carbons (Fsp3) is 0.346. The molecule has 0 bridgehead atoms. The minimum Gasteiger partial charge on any atom is -0.569 e. The van der Waals surface area contributed by atoms with Crippen LogP contribution in [0.5, 0.6) is 0 Å². The molecule has 0 radical (unpaired) electrons. The van der Waals surface area contributed by atoms with Gasteiger partial charge in [0.2, 0.25) is 5.28 Å². The summed E-state index contributed by atoms with van der Waals surface area (Å²) >= 11 is 0. The lowest BCUT2D eigenvalue weighted by molar-refractivity contribution is -0.714. The van der Waals surface area contributed by atoms with Crippen molar-refractivity contribution in [2.24, 2.45) is 5.28 Å². The zero-order chi connectivity index (χ0) is 32.8. The summed E-state index contributed by atoms with van der Waals surface area (Å²) in [6, 6.07) is 11.5. The highest BCUT2D eigenvalue weighted by Crippen LogP contribution is 2.33. The van der Waals surface area contributed by atoms with Crippen LogP contribution < -0.4 is 4.72 Å². The maximum atomic E-state index is 13.5. The molecule has 2 atom stereocenters. The quantitative estimate of drug-likeness (QED) is 0.105. The molecule has 1 aromatic heterocycles. The fourth-order valence-corrected chi connectivity index (χ4v) is 4.39. The highest BCUT2D eigenvalue weighted by Gasteiger charge is 2.35. The number of hydrogen-bond donors (Lipinski definition) is 1. The molecule has 1 heterocycles. The number of hydrogen-bond acceptors (Lipinski definition) is 10. The number of hydrazine groups is 1. The standard InChI is InChI=1S/C26H29F3N6O8S/c1-16-6-8-20(9-7-16)23-14-24(26(27,28)29)30-34(23)21-10-12-22(13-11-21)44(39,40)31-25(37)41-15-17(2)33(5)35(38)32-43-19(4)42-18(3)36/h6-14,17,19H,15H2,1-5H3,(H,31,37)/b35-32-/t17-,19?/m0/s1.